The third-order valence-corrected chi connectivity index (χ3v) is 4.56. The standard InChI is InChI=1S/C19H24N4/c1-3-15(2)14-23-11-9-17(10-12-23)19-18(20-22-21-19)13-16-7-5-4-6-8-16/h3-8,17H,1-2,9-14H2,(H,20,21,22). The van der Waals surface area contributed by atoms with Gasteiger partial charge in [0.2, 0.25) is 0 Å². The maximum absolute atomic E-state index is 4.45. The Kier molecular flexibility index (Phi) is 5.03. The zero-order valence-corrected chi connectivity index (χ0v) is 13.5. The van der Waals surface area contributed by atoms with Crippen LogP contribution in [0.25, 0.3) is 0 Å². The molecule has 1 fully saturated rings. The molecule has 4 heteroatoms. The summed E-state index contributed by atoms with van der Waals surface area (Å²) in [5.41, 5.74) is 4.61. The van der Waals surface area contributed by atoms with Gasteiger partial charge in [-0.25, -0.2) is 0 Å². The third-order valence-electron chi connectivity index (χ3n) is 4.56. The Morgan fingerprint density at radius 2 is 1.96 bits per heavy atom. The van der Waals surface area contributed by atoms with E-state index in [1.807, 2.05) is 12.1 Å². The molecule has 0 atom stereocenters. The van der Waals surface area contributed by atoms with Crippen LogP contribution in [0.1, 0.15) is 35.7 Å². The first kappa shape index (κ1) is 15.7. The van der Waals surface area contributed by atoms with Gasteiger partial charge in [-0.2, -0.15) is 15.4 Å². The van der Waals surface area contributed by atoms with E-state index in [9.17, 15) is 0 Å². The molecule has 120 valence electrons. The van der Waals surface area contributed by atoms with E-state index in [2.05, 4.69) is 57.7 Å². The zero-order chi connectivity index (χ0) is 16.1. The number of nitrogens with one attached hydrogen (secondary N) is 1. The van der Waals surface area contributed by atoms with Gasteiger partial charge in [-0.15, -0.1) is 0 Å². The van der Waals surface area contributed by atoms with Crippen molar-refractivity contribution < 1.29 is 0 Å². The van der Waals surface area contributed by atoms with E-state index in [0.717, 1.165) is 55.9 Å². The van der Waals surface area contributed by atoms with Crippen LogP contribution in [0.3, 0.4) is 0 Å². The monoisotopic (exact) mass is 308 g/mol. The Morgan fingerprint density at radius 3 is 2.65 bits per heavy atom. The fourth-order valence-corrected chi connectivity index (χ4v) is 3.22. The highest BCUT2D eigenvalue weighted by atomic mass is 15.3. The molecule has 1 aromatic heterocycles. The number of aromatic amines is 1. The number of hydrogen-bond donors (Lipinski definition) is 1. The average Bonchev–Trinajstić information content (AvgIpc) is 3.04. The number of hydrogen-bond acceptors (Lipinski definition) is 3. The van der Waals surface area contributed by atoms with Gasteiger partial charge in [0, 0.05) is 18.9 Å². The second kappa shape index (κ2) is 7.38. The SMILES string of the molecule is C=CC(=C)CN1CCC(c2n[nH]nc2Cc2ccccc2)CC1. The Bertz CT molecular complexity index is 651. The molecule has 2 aromatic rings. The van der Waals surface area contributed by atoms with E-state index >= 15 is 0 Å². The Balaban J connectivity index is 1.62. The second-order valence-electron chi connectivity index (χ2n) is 6.23. The molecule has 1 saturated heterocycles. The Labute approximate surface area is 137 Å². The van der Waals surface area contributed by atoms with E-state index in [-0.39, 0.29) is 0 Å². The number of rotatable bonds is 6. The van der Waals surface area contributed by atoms with E-state index in [4.69, 9.17) is 0 Å². The van der Waals surface area contributed by atoms with Crippen molar-refractivity contribution >= 4 is 0 Å². The van der Waals surface area contributed by atoms with Gasteiger partial charge in [-0.3, -0.25) is 4.90 Å². The topological polar surface area (TPSA) is 44.8 Å². The van der Waals surface area contributed by atoms with Crippen molar-refractivity contribution in [1.82, 2.24) is 20.3 Å². The molecule has 1 N–H and O–H groups in total. The van der Waals surface area contributed by atoms with Gasteiger partial charge in [0.1, 0.15) is 0 Å². The molecule has 4 nitrogen and oxygen atoms in total. The van der Waals surface area contributed by atoms with Gasteiger partial charge in [0.25, 0.3) is 0 Å². The van der Waals surface area contributed by atoms with E-state index in [0.29, 0.717) is 5.92 Å². The van der Waals surface area contributed by atoms with Crippen LogP contribution >= 0.6 is 0 Å². The quantitative estimate of drug-likeness (QED) is 0.833. The lowest BCUT2D eigenvalue weighted by atomic mass is 9.91. The van der Waals surface area contributed by atoms with Crippen LogP contribution in [0.15, 0.2) is 55.1 Å². The number of H-pyrrole nitrogens is 1. The molecule has 0 aliphatic carbocycles. The molecule has 23 heavy (non-hydrogen) atoms. The Hall–Kier alpha value is -2.20. The van der Waals surface area contributed by atoms with Crippen LogP contribution in [0, 0.1) is 0 Å². The normalized spacial score (nSPS) is 16.3. The molecule has 3 rings (SSSR count). The molecule has 0 amide bonds. The molecule has 1 aliphatic rings. The molecular weight excluding hydrogens is 284 g/mol. The minimum absolute atomic E-state index is 0.501. The summed E-state index contributed by atoms with van der Waals surface area (Å²) in [4.78, 5) is 2.44. The second-order valence-corrected chi connectivity index (χ2v) is 6.23. The van der Waals surface area contributed by atoms with Crippen LogP contribution in [0.2, 0.25) is 0 Å². The van der Waals surface area contributed by atoms with Gasteiger partial charge in [-0.05, 0) is 37.1 Å². The molecule has 0 spiro atoms. The summed E-state index contributed by atoms with van der Waals surface area (Å²) in [6.45, 7) is 10.9. The van der Waals surface area contributed by atoms with E-state index < -0.39 is 0 Å². The van der Waals surface area contributed by atoms with Gasteiger partial charge < -0.3 is 0 Å². The average molecular weight is 308 g/mol. The highest BCUT2D eigenvalue weighted by Gasteiger charge is 2.25. The van der Waals surface area contributed by atoms with Crippen molar-refractivity contribution in [2.75, 3.05) is 19.6 Å². The van der Waals surface area contributed by atoms with Crippen molar-refractivity contribution in [3.05, 3.63) is 72.1 Å². The summed E-state index contributed by atoms with van der Waals surface area (Å²) in [5.74, 6) is 0.501. The molecule has 0 radical (unpaired) electrons. The van der Waals surface area contributed by atoms with Crippen molar-refractivity contribution in [3.8, 4) is 0 Å². The van der Waals surface area contributed by atoms with Gasteiger partial charge in [0.15, 0.2) is 0 Å². The van der Waals surface area contributed by atoms with E-state index in [1.54, 1.807) is 0 Å². The first-order valence-corrected chi connectivity index (χ1v) is 8.22. The van der Waals surface area contributed by atoms with Crippen LogP contribution < -0.4 is 0 Å². The summed E-state index contributed by atoms with van der Waals surface area (Å²) in [7, 11) is 0. The molecule has 0 saturated carbocycles. The molecule has 1 aliphatic heterocycles. The lowest BCUT2D eigenvalue weighted by Gasteiger charge is -2.31. The first-order chi connectivity index (χ1) is 11.3. The fraction of sp³-hybridized carbons (Fsp3) is 0.368. The highest BCUT2D eigenvalue weighted by molar-refractivity contribution is 5.25. The van der Waals surface area contributed by atoms with Crippen LogP contribution in [0.4, 0.5) is 0 Å². The number of likely N-dealkylation sites (tertiary alicyclic amines) is 1. The molecule has 0 unspecified atom stereocenters. The third kappa shape index (κ3) is 3.96. The van der Waals surface area contributed by atoms with Crippen molar-refractivity contribution in [3.63, 3.8) is 0 Å². The summed E-state index contributed by atoms with van der Waals surface area (Å²) < 4.78 is 0. The molecular formula is C19H24N4. The highest BCUT2D eigenvalue weighted by Crippen LogP contribution is 2.29. The zero-order valence-electron chi connectivity index (χ0n) is 13.5. The Morgan fingerprint density at radius 1 is 1.22 bits per heavy atom. The van der Waals surface area contributed by atoms with Crippen LogP contribution in [-0.4, -0.2) is 39.9 Å². The van der Waals surface area contributed by atoms with Crippen molar-refractivity contribution in [1.29, 1.82) is 0 Å². The predicted octanol–water partition coefficient (Wildman–Crippen LogP) is 3.32. The maximum atomic E-state index is 4.45. The number of nitrogens with zero attached hydrogens (tertiary/aromatic N) is 3. The van der Waals surface area contributed by atoms with Gasteiger partial charge in [-0.1, -0.05) is 49.6 Å². The minimum Gasteiger partial charge on any atom is -0.299 e. The summed E-state index contributed by atoms with van der Waals surface area (Å²) >= 11 is 0. The first-order valence-electron chi connectivity index (χ1n) is 8.22. The number of benzene rings is 1. The largest absolute Gasteiger partial charge is 0.299 e. The lowest BCUT2D eigenvalue weighted by Crippen LogP contribution is -2.34. The van der Waals surface area contributed by atoms with Crippen LogP contribution in [-0.2, 0) is 6.42 Å². The number of piperidine rings is 1. The molecule has 0 bridgehead atoms. The summed E-state index contributed by atoms with van der Waals surface area (Å²) in [6.07, 6.45) is 4.94. The van der Waals surface area contributed by atoms with Gasteiger partial charge >= 0.3 is 0 Å². The predicted molar refractivity (Wildman–Crippen MR) is 93.4 cm³/mol. The van der Waals surface area contributed by atoms with E-state index in [1.165, 1.54) is 5.56 Å². The molecule has 2 heterocycles. The van der Waals surface area contributed by atoms with Gasteiger partial charge in [0.05, 0.1) is 11.4 Å². The smallest absolute Gasteiger partial charge is 0.0903 e. The van der Waals surface area contributed by atoms with Crippen molar-refractivity contribution in [2.24, 2.45) is 0 Å². The summed E-state index contributed by atoms with van der Waals surface area (Å²) in [6, 6.07) is 10.5. The fourth-order valence-electron chi connectivity index (χ4n) is 3.22. The van der Waals surface area contributed by atoms with Crippen LogP contribution in [0.5, 0.6) is 0 Å². The molecule has 1 aromatic carbocycles. The van der Waals surface area contributed by atoms with Crippen molar-refractivity contribution in [2.45, 2.75) is 25.2 Å². The number of aromatic nitrogens is 3. The minimum atomic E-state index is 0.501. The lowest BCUT2D eigenvalue weighted by molar-refractivity contribution is 0.227. The maximum Gasteiger partial charge on any atom is 0.0903 e. The summed E-state index contributed by atoms with van der Waals surface area (Å²) in [5, 5.41) is 11.7.